The molecule has 1 heterocycles. The van der Waals surface area contributed by atoms with E-state index in [1.807, 2.05) is 30.3 Å². The van der Waals surface area contributed by atoms with E-state index in [0.717, 1.165) is 0 Å². The van der Waals surface area contributed by atoms with E-state index in [9.17, 15) is 9.59 Å². The van der Waals surface area contributed by atoms with Gasteiger partial charge in [-0.2, -0.15) is 0 Å². The van der Waals surface area contributed by atoms with Crippen LogP contribution in [-0.2, 0) is 0 Å². The Hall–Kier alpha value is -3.67. The first kappa shape index (κ1) is 16.2. The van der Waals surface area contributed by atoms with E-state index < -0.39 is 5.97 Å². The quantitative estimate of drug-likeness (QED) is 0.740. The maximum absolute atomic E-state index is 12.4. The zero-order chi connectivity index (χ0) is 17.6. The van der Waals surface area contributed by atoms with Crippen LogP contribution in [0.5, 0.6) is 11.5 Å². The molecule has 0 unspecified atom stereocenters. The summed E-state index contributed by atoms with van der Waals surface area (Å²) in [6, 6.07) is 18.8. The molecule has 0 aliphatic heterocycles. The van der Waals surface area contributed by atoms with E-state index in [-0.39, 0.29) is 11.6 Å². The van der Waals surface area contributed by atoms with Gasteiger partial charge < -0.3 is 15.2 Å². The van der Waals surface area contributed by atoms with Crippen LogP contribution in [0.25, 0.3) is 0 Å². The van der Waals surface area contributed by atoms with Gasteiger partial charge in [0.15, 0.2) is 0 Å². The topological polar surface area (TPSA) is 88.5 Å². The number of rotatable bonds is 5. The molecule has 25 heavy (non-hydrogen) atoms. The van der Waals surface area contributed by atoms with Crippen LogP contribution >= 0.6 is 0 Å². The van der Waals surface area contributed by atoms with Gasteiger partial charge in [-0.05, 0) is 42.5 Å². The van der Waals surface area contributed by atoms with Gasteiger partial charge in [-0.15, -0.1) is 0 Å². The number of hydrogen-bond donors (Lipinski definition) is 2. The van der Waals surface area contributed by atoms with Crippen LogP contribution in [-0.4, -0.2) is 22.0 Å². The number of nitrogens with one attached hydrogen (secondary N) is 1. The number of nitrogens with zero attached hydrogens (tertiary/aromatic N) is 1. The number of carbonyl (C=O) groups excluding carboxylic acids is 1. The predicted octanol–water partition coefficient (Wildman–Crippen LogP) is 3.82. The van der Waals surface area contributed by atoms with Crippen molar-refractivity contribution in [1.29, 1.82) is 0 Å². The first-order chi connectivity index (χ1) is 12.1. The molecule has 3 rings (SSSR count). The highest BCUT2D eigenvalue weighted by Gasteiger charge is 2.10. The summed E-state index contributed by atoms with van der Waals surface area (Å²) in [6.07, 6.45) is 1.33. The lowest BCUT2D eigenvalue weighted by Crippen LogP contribution is -2.12. The highest BCUT2D eigenvalue weighted by Crippen LogP contribution is 2.22. The lowest BCUT2D eigenvalue weighted by molar-refractivity contribution is 0.0690. The Morgan fingerprint density at radius 3 is 2.44 bits per heavy atom. The van der Waals surface area contributed by atoms with E-state index in [4.69, 9.17) is 9.84 Å². The summed E-state index contributed by atoms with van der Waals surface area (Å²) < 4.78 is 5.70. The fourth-order valence-corrected chi connectivity index (χ4v) is 2.15. The first-order valence-electron chi connectivity index (χ1n) is 7.45. The molecule has 6 nitrogen and oxygen atoms in total. The molecule has 0 atom stereocenters. The highest BCUT2D eigenvalue weighted by molar-refractivity contribution is 6.04. The van der Waals surface area contributed by atoms with Crippen molar-refractivity contribution in [2.24, 2.45) is 0 Å². The maximum atomic E-state index is 12.4. The van der Waals surface area contributed by atoms with Crippen molar-refractivity contribution < 1.29 is 19.4 Å². The minimum Gasteiger partial charge on any atom is -0.477 e. The monoisotopic (exact) mass is 334 g/mol. The molecule has 0 bridgehead atoms. The number of ether oxygens (including phenoxy) is 1. The summed E-state index contributed by atoms with van der Waals surface area (Å²) >= 11 is 0. The van der Waals surface area contributed by atoms with Crippen molar-refractivity contribution in [3.63, 3.8) is 0 Å². The molecule has 2 N–H and O–H groups in total. The van der Waals surface area contributed by atoms with Crippen LogP contribution in [0.1, 0.15) is 20.8 Å². The standard InChI is InChI=1S/C19H14N2O4/c22-18(21-14-9-10-20-17(12-14)19(23)24)13-5-4-8-16(11-13)25-15-6-2-1-3-7-15/h1-12H,(H,23,24)(H,20,21,22). The Labute approximate surface area is 143 Å². The largest absolute Gasteiger partial charge is 0.477 e. The summed E-state index contributed by atoms with van der Waals surface area (Å²) in [5.74, 6) is -0.337. The van der Waals surface area contributed by atoms with Crippen molar-refractivity contribution >= 4 is 17.6 Å². The van der Waals surface area contributed by atoms with Crippen molar-refractivity contribution in [3.8, 4) is 11.5 Å². The molecular weight excluding hydrogens is 320 g/mol. The van der Waals surface area contributed by atoms with Gasteiger partial charge in [0.2, 0.25) is 0 Å². The van der Waals surface area contributed by atoms with Gasteiger partial charge in [0.1, 0.15) is 17.2 Å². The molecule has 1 aromatic heterocycles. The van der Waals surface area contributed by atoms with Crippen molar-refractivity contribution in [3.05, 3.63) is 84.2 Å². The number of amides is 1. The number of carboxylic acids is 1. The summed E-state index contributed by atoms with van der Waals surface area (Å²) in [5.41, 5.74) is 0.605. The molecule has 0 aliphatic rings. The molecule has 2 aromatic carbocycles. The predicted molar refractivity (Wildman–Crippen MR) is 92.1 cm³/mol. The number of benzene rings is 2. The van der Waals surface area contributed by atoms with E-state index in [1.165, 1.54) is 18.3 Å². The molecule has 0 aliphatic carbocycles. The molecule has 0 fully saturated rings. The number of hydrogen-bond acceptors (Lipinski definition) is 4. The number of aromatic nitrogens is 1. The zero-order valence-corrected chi connectivity index (χ0v) is 13.0. The molecule has 3 aromatic rings. The second kappa shape index (κ2) is 7.27. The van der Waals surface area contributed by atoms with Gasteiger partial charge in [0.05, 0.1) is 0 Å². The van der Waals surface area contributed by atoms with Crippen molar-refractivity contribution in [2.75, 3.05) is 5.32 Å². The Balaban J connectivity index is 1.75. The summed E-state index contributed by atoms with van der Waals surface area (Å²) in [5, 5.41) is 11.6. The third-order valence-corrected chi connectivity index (χ3v) is 3.31. The van der Waals surface area contributed by atoms with Gasteiger partial charge in [-0.1, -0.05) is 24.3 Å². The first-order valence-corrected chi connectivity index (χ1v) is 7.45. The average molecular weight is 334 g/mol. The molecule has 124 valence electrons. The van der Waals surface area contributed by atoms with Crippen LogP contribution in [0.2, 0.25) is 0 Å². The fraction of sp³-hybridized carbons (Fsp3) is 0. The van der Waals surface area contributed by atoms with Gasteiger partial charge >= 0.3 is 5.97 Å². The lowest BCUT2D eigenvalue weighted by atomic mass is 10.2. The Morgan fingerprint density at radius 1 is 0.920 bits per heavy atom. The maximum Gasteiger partial charge on any atom is 0.354 e. The van der Waals surface area contributed by atoms with Gasteiger partial charge in [-0.3, -0.25) is 4.79 Å². The van der Waals surface area contributed by atoms with E-state index >= 15 is 0 Å². The molecule has 0 saturated heterocycles. The molecular formula is C19H14N2O4. The average Bonchev–Trinajstić information content (AvgIpc) is 2.63. The number of aromatic carboxylic acids is 1. The summed E-state index contributed by atoms with van der Waals surface area (Å²) in [4.78, 5) is 27.0. The Bertz CT molecular complexity index is 910. The fourth-order valence-electron chi connectivity index (χ4n) is 2.15. The summed E-state index contributed by atoms with van der Waals surface area (Å²) in [7, 11) is 0. The molecule has 0 saturated carbocycles. The van der Waals surface area contributed by atoms with Crippen LogP contribution < -0.4 is 10.1 Å². The molecule has 0 spiro atoms. The van der Waals surface area contributed by atoms with E-state index in [2.05, 4.69) is 10.3 Å². The number of anilines is 1. The Kier molecular flexibility index (Phi) is 4.71. The van der Waals surface area contributed by atoms with Crippen LogP contribution in [0.4, 0.5) is 5.69 Å². The van der Waals surface area contributed by atoms with Gasteiger partial charge in [0, 0.05) is 17.4 Å². The number of pyridine rings is 1. The molecule has 0 radical (unpaired) electrons. The van der Waals surface area contributed by atoms with Crippen LogP contribution in [0.3, 0.4) is 0 Å². The van der Waals surface area contributed by atoms with Gasteiger partial charge in [-0.25, -0.2) is 9.78 Å². The Morgan fingerprint density at radius 2 is 1.68 bits per heavy atom. The second-order valence-corrected chi connectivity index (χ2v) is 5.13. The van der Waals surface area contributed by atoms with Crippen LogP contribution in [0.15, 0.2) is 72.9 Å². The molecule has 6 heteroatoms. The third kappa shape index (κ3) is 4.20. The lowest BCUT2D eigenvalue weighted by Gasteiger charge is -2.09. The number of carboxylic acid groups (broad SMARTS) is 1. The van der Waals surface area contributed by atoms with E-state index in [0.29, 0.717) is 22.7 Å². The highest BCUT2D eigenvalue weighted by atomic mass is 16.5. The number of carbonyl (C=O) groups is 2. The van der Waals surface area contributed by atoms with Gasteiger partial charge in [0.25, 0.3) is 5.91 Å². The normalized spacial score (nSPS) is 10.1. The minimum atomic E-state index is -1.16. The third-order valence-electron chi connectivity index (χ3n) is 3.31. The van der Waals surface area contributed by atoms with E-state index in [1.54, 1.807) is 24.3 Å². The van der Waals surface area contributed by atoms with Crippen molar-refractivity contribution in [2.45, 2.75) is 0 Å². The zero-order valence-electron chi connectivity index (χ0n) is 13.0. The van der Waals surface area contributed by atoms with Crippen molar-refractivity contribution in [1.82, 2.24) is 4.98 Å². The second-order valence-electron chi connectivity index (χ2n) is 5.13. The minimum absolute atomic E-state index is 0.140. The SMILES string of the molecule is O=C(Nc1ccnc(C(=O)O)c1)c1cccc(Oc2ccccc2)c1. The number of para-hydroxylation sites is 1. The summed E-state index contributed by atoms with van der Waals surface area (Å²) in [6.45, 7) is 0. The smallest absolute Gasteiger partial charge is 0.354 e. The van der Waals surface area contributed by atoms with Crippen LogP contribution in [0, 0.1) is 0 Å². The molecule has 1 amide bonds.